The van der Waals surface area contributed by atoms with Crippen molar-refractivity contribution in [3.05, 3.63) is 0 Å². The molecule has 12 nitrogen and oxygen atoms in total. The van der Waals surface area contributed by atoms with Crippen molar-refractivity contribution in [2.75, 3.05) is 67.6 Å². The monoisotopic (exact) mass is 1470 g/mol. The molecule has 0 amide bonds. The highest BCUT2D eigenvalue weighted by Crippen LogP contribution is 2.62. The first-order valence-corrected chi connectivity index (χ1v) is 38.2. The summed E-state index contributed by atoms with van der Waals surface area (Å²) >= 11 is 37.2. The van der Waals surface area contributed by atoms with E-state index in [1.54, 1.807) is 14.2 Å². The van der Waals surface area contributed by atoms with Gasteiger partial charge in [0.2, 0.25) is 31.3 Å². The average molecular weight is 1470 g/mol. The Kier molecular flexibility index (Phi) is 44.6. The third-order valence-corrected chi connectivity index (χ3v) is 25.8. The van der Waals surface area contributed by atoms with E-state index in [0.717, 1.165) is 70.6 Å². The van der Waals surface area contributed by atoms with Crippen LogP contribution in [0.25, 0.3) is 0 Å². The van der Waals surface area contributed by atoms with Crippen LogP contribution in [-0.2, 0) is 57.2 Å². The fraction of sp³-hybridized carbons (Fsp3) is 0.922. The van der Waals surface area contributed by atoms with Gasteiger partial charge >= 0.3 is 0 Å². The van der Waals surface area contributed by atoms with E-state index in [0.29, 0.717) is 45.6 Å². The summed E-state index contributed by atoms with van der Waals surface area (Å²) in [5.74, 6) is 0.360. The molecule has 8 atom stereocenters. The molecule has 8 unspecified atom stereocenters. The number of carbonyl (C=O) groups excluding carboxylic acids is 6. The van der Waals surface area contributed by atoms with E-state index in [-0.39, 0.29) is 97.1 Å². The lowest BCUT2D eigenvalue weighted by molar-refractivity contribution is -0.185. The molecule has 2 saturated carbocycles. The summed E-state index contributed by atoms with van der Waals surface area (Å²) in [5.41, 5.74) is -5.62. The van der Waals surface area contributed by atoms with Crippen LogP contribution in [0.5, 0.6) is 0 Å². The Morgan fingerprint density at radius 2 is 0.811 bits per heavy atom. The highest BCUT2D eigenvalue weighted by atomic mass is 35.5. The lowest BCUT2D eigenvalue weighted by Crippen LogP contribution is -2.67. The third kappa shape index (κ3) is 22.0. The predicted octanol–water partition coefficient (Wildman–Crippen LogP) is 22.1. The Bertz CT molecular complexity index is 2260. The number of alkyl halides is 1. The lowest BCUT2D eigenvalue weighted by Gasteiger charge is -2.56. The third-order valence-electron chi connectivity index (χ3n) is 23.5. The molecule has 0 saturated heterocycles. The van der Waals surface area contributed by atoms with Crippen LogP contribution in [0.2, 0.25) is 0 Å². The minimum Gasteiger partial charge on any atom is -0.384 e. The van der Waals surface area contributed by atoms with E-state index in [9.17, 15) is 28.8 Å². The Morgan fingerprint density at radius 1 is 0.432 bits per heavy atom. The molecule has 0 radical (unpaired) electrons. The smallest absolute Gasteiger partial charge is 0.233 e. The summed E-state index contributed by atoms with van der Waals surface area (Å²) in [6, 6.07) is 0. The summed E-state index contributed by atoms with van der Waals surface area (Å²) in [7, 11) is 4.73. The highest BCUT2D eigenvalue weighted by molar-refractivity contribution is 6.66. The van der Waals surface area contributed by atoms with E-state index in [1.807, 2.05) is 96.9 Å². The molecule has 0 heterocycles. The molecular weight excluding hydrogens is 1330 g/mol. The summed E-state index contributed by atoms with van der Waals surface area (Å²) in [5, 5.41) is -3.52. The zero-order valence-corrected chi connectivity index (χ0v) is 70.5. The Morgan fingerprint density at radius 3 is 1.06 bits per heavy atom. The van der Waals surface area contributed by atoms with Gasteiger partial charge < -0.3 is 28.4 Å². The molecule has 2 aliphatic rings. The number of ether oxygens (including phenoxy) is 6. The first-order chi connectivity index (χ1) is 43.4. The quantitative estimate of drug-likeness (QED) is 0.0429. The largest absolute Gasteiger partial charge is 0.384 e. The van der Waals surface area contributed by atoms with Gasteiger partial charge in [-0.15, -0.1) is 0 Å². The van der Waals surface area contributed by atoms with Crippen molar-refractivity contribution in [2.45, 2.75) is 288 Å². The van der Waals surface area contributed by atoms with Crippen molar-refractivity contribution in [1.82, 2.24) is 0 Å². The van der Waals surface area contributed by atoms with Gasteiger partial charge in [-0.3, -0.25) is 28.8 Å². The summed E-state index contributed by atoms with van der Waals surface area (Å²) in [6.45, 7) is 60.2. The van der Waals surface area contributed by atoms with Gasteiger partial charge in [-0.05, 0) is 193 Å². The Labute approximate surface area is 612 Å². The number of ketones is 1. The van der Waals surface area contributed by atoms with Crippen molar-refractivity contribution in [2.24, 2.45) is 101 Å². The van der Waals surface area contributed by atoms with E-state index < -0.39 is 48.2 Å². The highest BCUT2D eigenvalue weighted by Gasteiger charge is 2.71. The van der Waals surface area contributed by atoms with Gasteiger partial charge in [0.05, 0.1) is 65.0 Å². The number of hydrogen-bond donors (Lipinski definition) is 0. The standard InChI is InChI=1S/C25H44Cl2O4.C15H29ClO2.C13H23ClO2.2C12H23ClO2/c1-10-22(7,8)23(17(3)4,16-31-11-2)20(28)25(27,30-9)24(18(5)6,21(26)29)19-14-12-13-15-19;1-8-9-10-12(18-7)15(11(2)3,13(16)17)14(4,5)6;1-4-16-9-13(10(2)3,12(14)15)11-7-5-6-8-11;1-7-11(4,5)12(8-15-6,9(2)3)10(13)14;1-7-15-8-12(9(2)3,10(13)14)11(4,5)6/h17-19H,10-16H2,1-9H3;11-12H,8-10H2,1-7H3;10-11H,4-9H2,1-3H3;2*9H,7-8H2,1-6H3. The van der Waals surface area contributed by atoms with Crippen LogP contribution < -0.4 is 0 Å². The number of hydrogen-bond acceptors (Lipinski definition) is 12. The van der Waals surface area contributed by atoms with Crippen molar-refractivity contribution in [3.8, 4) is 0 Å². The van der Waals surface area contributed by atoms with Crippen molar-refractivity contribution in [3.63, 3.8) is 0 Å². The van der Waals surface area contributed by atoms with Gasteiger partial charge in [0, 0.05) is 41.2 Å². The lowest BCUT2D eigenvalue weighted by atomic mass is 9.52. The van der Waals surface area contributed by atoms with Crippen molar-refractivity contribution < 1.29 is 57.2 Å². The van der Waals surface area contributed by atoms with Gasteiger partial charge in [0.15, 0.2) is 5.78 Å². The number of carbonyl (C=O) groups is 6. The molecule has 0 aromatic rings. The van der Waals surface area contributed by atoms with Crippen LogP contribution >= 0.6 is 69.6 Å². The summed E-state index contributed by atoms with van der Waals surface area (Å²) < 4.78 is 33.7. The molecule has 2 rings (SSSR count). The van der Waals surface area contributed by atoms with Crippen LogP contribution in [-0.4, -0.2) is 111 Å². The molecule has 2 aliphatic carbocycles. The van der Waals surface area contributed by atoms with Gasteiger partial charge in [-0.2, -0.15) is 0 Å². The maximum atomic E-state index is 14.7. The molecule has 564 valence electrons. The summed E-state index contributed by atoms with van der Waals surface area (Å²) in [4.78, 5) is 75.6. The maximum absolute atomic E-state index is 14.7. The molecule has 18 heteroatoms. The van der Waals surface area contributed by atoms with Crippen LogP contribution in [0.3, 0.4) is 0 Å². The second-order valence-electron chi connectivity index (χ2n) is 32.3. The van der Waals surface area contributed by atoms with Gasteiger partial charge in [-0.25, -0.2) is 0 Å². The van der Waals surface area contributed by atoms with Crippen molar-refractivity contribution in [1.29, 1.82) is 0 Å². The first-order valence-electron chi connectivity index (χ1n) is 36.0. The molecular formula is C77H142Cl6O12. The first kappa shape index (κ1) is 98.7. The molecule has 0 bridgehead atoms. The summed E-state index contributed by atoms with van der Waals surface area (Å²) in [6.07, 6.45) is 12.8. The minimum atomic E-state index is -1.89. The second-order valence-corrected chi connectivity index (χ2v) is 34.5. The number of methoxy groups -OCH3 is 3. The molecule has 0 N–H and O–H groups in total. The van der Waals surface area contributed by atoms with Gasteiger partial charge in [-0.1, -0.05) is 223 Å². The van der Waals surface area contributed by atoms with Crippen LogP contribution in [0.1, 0.15) is 277 Å². The molecule has 0 spiro atoms. The van der Waals surface area contributed by atoms with E-state index in [1.165, 1.54) is 20.0 Å². The van der Waals surface area contributed by atoms with E-state index in [4.69, 9.17) is 98.0 Å². The number of unbranched alkanes of at least 4 members (excludes halogenated alkanes) is 1. The van der Waals surface area contributed by atoms with Crippen LogP contribution in [0.15, 0.2) is 0 Å². The van der Waals surface area contributed by atoms with E-state index in [2.05, 4.69) is 96.9 Å². The zero-order valence-electron chi connectivity index (χ0n) is 66.0. The second kappa shape index (κ2) is 43.0. The molecule has 0 aliphatic heterocycles. The normalized spacial score (nSPS) is 19.2. The number of halogens is 6. The maximum Gasteiger partial charge on any atom is 0.233 e. The van der Waals surface area contributed by atoms with Gasteiger partial charge in [0.1, 0.15) is 0 Å². The number of rotatable bonds is 37. The Balaban J connectivity index is -0.00000116. The topological polar surface area (TPSA) is 158 Å². The Hall–Kier alpha value is -0.480. The molecule has 95 heavy (non-hydrogen) atoms. The van der Waals surface area contributed by atoms with Crippen molar-refractivity contribution >= 4 is 102 Å². The van der Waals surface area contributed by atoms with Crippen LogP contribution in [0, 0.1) is 101 Å². The molecule has 0 aromatic heterocycles. The fourth-order valence-electron chi connectivity index (χ4n) is 16.6. The molecule has 2 fully saturated rings. The fourth-order valence-corrected chi connectivity index (χ4v) is 19.9. The molecule has 0 aromatic carbocycles. The predicted molar refractivity (Wildman–Crippen MR) is 401 cm³/mol. The number of Topliss-reactive ketones (excluding diaryl/α,β-unsaturated/α-hetero) is 1. The minimum absolute atomic E-state index is 0.0892. The van der Waals surface area contributed by atoms with Gasteiger partial charge in [0.25, 0.3) is 0 Å². The van der Waals surface area contributed by atoms with Crippen LogP contribution in [0.4, 0.5) is 0 Å². The van der Waals surface area contributed by atoms with E-state index >= 15 is 0 Å². The zero-order chi connectivity index (χ0) is 75.5. The average Bonchev–Trinajstić information content (AvgIpc) is 1.40. The SMILES string of the molecule is CCC(C)(C)C(COC)(C(=O)Cl)C(C)C.CCCCC(OC)C(C(=O)Cl)(C(C)C)C(C)(C)C.CCOCC(C(=O)C(Cl)(OC)C(C(=O)Cl)(C(C)C)C1CCCC1)(C(C)C)C(C)(C)CC.CCOCC(C(=O)Cl)(C(C)C)C(C)(C)C.CCOCC(C(=O)Cl)(C(C)C)C1CCCC1.